The lowest BCUT2D eigenvalue weighted by Crippen LogP contribution is -2.56. The highest BCUT2D eigenvalue weighted by Gasteiger charge is 2.39. The Bertz CT molecular complexity index is 798. The monoisotopic (exact) mass is 396 g/mol. The summed E-state index contributed by atoms with van der Waals surface area (Å²) < 4.78 is 11.2. The Hall–Kier alpha value is -2.08. The minimum Gasteiger partial charge on any atom is -0.493 e. The summed E-state index contributed by atoms with van der Waals surface area (Å²) in [4.78, 5) is 5.06. The van der Waals surface area contributed by atoms with E-state index in [2.05, 4.69) is 52.3 Å². The van der Waals surface area contributed by atoms with E-state index in [9.17, 15) is 5.11 Å². The first-order valence-corrected chi connectivity index (χ1v) is 10.7. The van der Waals surface area contributed by atoms with Gasteiger partial charge in [0.05, 0.1) is 19.8 Å². The molecule has 3 atom stereocenters. The second-order valence-corrected chi connectivity index (χ2v) is 8.19. The van der Waals surface area contributed by atoms with Crippen LogP contribution in [0.25, 0.3) is 0 Å². The van der Waals surface area contributed by atoms with Gasteiger partial charge in [0.2, 0.25) is 0 Å². The number of fused-ring (bicyclic) bond motifs is 1. The summed E-state index contributed by atoms with van der Waals surface area (Å²) in [6.45, 7) is 6.29. The molecule has 5 heteroatoms. The predicted molar refractivity (Wildman–Crippen MR) is 114 cm³/mol. The smallest absolute Gasteiger partial charge is 0.161 e. The maximum atomic E-state index is 10.2. The summed E-state index contributed by atoms with van der Waals surface area (Å²) in [5.41, 5.74) is 2.60. The Morgan fingerprint density at radius 1 is 1.00 bits per heavy atom. The highest BCUT2D eigenvalue weighted by molar-refractivity contribution is 5.43. The minimum absolute atomic E-state index is 0.192. The summed E-state index contributed by atoms with van der Waals surface area (Å²) in [5, 5.41) is 10.2. The Kier molecular flexibility index (Phi) is 6.38. The number of aliphatic hydroxyl groups excluding tert-OH is 1. The number of ether oxygens (including phenoxy) is 2. The van der Waals surface area contributed by atoms with Crippen LogP contribution >= 0.6 is 0 Å². The maximum Gasteiger partial charge on any atom is 0.161 e. The van der Waals surface area contributed by atoms with Crippen molar-refractivity contribution in [2.45, 2.75) is 44.5 Å². The molecule has 2 aliphatic rings. The number of aliphatic hydroxyl groups is 1. The molecule has 0 amide bonds. The van der Waals surface area contributed by atoms with Crippen LogP contribution in [-0.4, -0.2) is 66.4 Å². The maximum absolute atomic E-state index is 10.2. The van der Waals surface area contributed by atoms with Crippen LogP contribution in [-0.2, 0) is 13.0 Å². The van der Waals surface area contributed by atoms with Gasteiger partial charge in [-0.05, 0) is 43.0 Å². The van der Waals surface area contributed by atoms with Gasteiger partial charge < -0.3 is 14.6 Å². The second-order valence-electron chi connectivity index (χ2n) is 8.19. The number of nitrogens with zero attached hydrogens (tertiary/aromatic N) is 2. The van der Waals surface area contributed by atoms with Crippen LogP contribution in [0.3, 0.4) is 0 Å². The lowest BCUT2D eigenvalue weighted by molar-refractivity contribution is 0.0444. The van der Waals surface area contributed by atoms with Gasteiger partial charge in [-0.2, -0.15) is 0 Å². The topological polar surface area (TPSA) is 45.2 Å². The van der Waals surface area contributed by atoms with Crippen molar-refractivity contribution in [1.29, 1.82) is 0 Å². The largest absolute Gasteiger partial charge is 0.493 e. The van der Waals surface area contributed by atoms with Crippen molar-refractivity contribution >= 4 is 0 Å². The van der Waals surface area contributed by atoms with Crippen molar-refractivity contribution in [3.8, 4) is 11.5 Å². The van der Waals surface area contributed by atoms with Gasteiger partial charge in [-0.3, -0.25) is 9.80 Å². The van der Waals surface area contributed by atoms with Crippen LogP contribution < -0.4 is 9.47 Å². The van der Waals surface area contributed by atoms with Gasteiger partial charge >= 0.3 is 0 Å². The summed E-state index contributed by atoms with van der Waals surface area (Å²) >= 11 is 0. The molecule has 2 fully saturated rings. The third-order valence-corrected chi connectivity index (χ3v) is 6.14. The Morgan fingerprint density at radius 2 is 1.83 bits per heavy atom. The zero-order valence-electron chi connectivity index (χ0n) is 17.5. The predicted octanol–water partition coefficient (Wildman–Crippen LogP) is 2.96. The van der Waals surface area contributed by atoms with Gasteiger partial charge in [0.15, 0.2) is 11.5 Å². The van der Waals surface area contributed by atoms with Crippen molar-refractivity contribution in [1.82, 2.24) is 9.80 Å². The Balaban J connectivity index is 1.53. The summed E-state index contributed by atoms with van der Waals surface area (Å²) in [6, 6.07) is 17.8. The third kappa shape index (κ3) is 4.74. The molecular formula is C24H32N2O3. The third-order valence-electron chi connectivity index (χ3n) is 6.14. The molecule has 1 N–H and O–H groups in total. The van der Waals surface area contributed by atoms with Crippen LogP contribution in [0.4, 0.5) is 0 Å². The van der Waals surface area contributed by atoms with Crippen molar-refractivity contribution in [3.05, 3.63) is 59.7 Å². The molecule has 156 valence electrons. The van der Waals surface area contributed by atoms with Crippen molar-refractivity contribution in [2.24, 2.45) is 0 Å². The van der Waals surface area contributed by atoms with E-state index in [-0.39, 0.29) is 6.10 Å². The number of hydrogen-bond acceptors (Lipinski definition) is 5. The molecule has 0 aromatic heterocycles. The molecule has 0 bridgehead atoms. The molecule has 0 spiro atoms. The van der Waals surface area contributed by atoms with Crippen molar-refractivity contribution < 1.29 is 14.6 Å². The van der Waals surface area contributed by atoms with Gasteiger partial charge in [0.25, 0.3) is 0 Å². The van der Waals surface area contributed by atoms with E-state index in [1.807, 2.05) is 13.0 Å². The Labute approximate surface area is 173 Å². The van der Waals surface area contributed by atoms with Crippen LogP contribution in [0.2, 0.25) is 0 Å². The van der Waals surface area contributed by atoms with Gasteiger partial charge in [-0.25, -0.2) is 0 Å². The standard InChI is InChI=1S/C24H32N2O3/c1-3-29-23-10-9-19(12-24(23)28-2)14-25-16-21-13-22(27)17-26(21)15-20(25)11-18-7-5-4-6-8-18/h4-10,12,20-22,27H,3,11,13-17H2,1-2H3/t20-,21-,22+/m0/s1. The molecule has 2 heterocycles. The van der Waals surface area contributed by atoms with Crippen molar-refractivity contribution in [2.75, 3.05) is 33.4 Å². The first-order chi connectivity index (χ1) is 14.2. The first-order valence-electron chi connectivity index (χ1n) is 10.7. The number of benzene rings is 2. The number of methoxy groups -OCH3 is 1. The number of hydrogen-bond donors (Lipinski definition) is 1. The molecular weight excluding hydrogens is 364 g/mol. The zero-order chi connectivity index (χ0) is 20.2. The zero-order valence-corrected chi connectivity index (χ0v) is 17.5. The second kappa shape index (κ2) is 9.16. The molecule has 29 heavy (non-hydrogen) atoms. The van der Waals surface area contributed by atoms with Gasteiger partial charge in [0.1, 0.15) is 0 Å². The lowest BCUT2D eigenvalue weighted by atomic mass is 9.99. The van der Waals surface area contributed by atoms with E-state index in [4.69, 9.17) is 9.47 Å². The number of piperazine rings is 1. The summed E-state index contributed by atoms with van der Waals surface area (Å²) in [7, 11) is 1.69. The highest BCUT2D eigenvalue weighted by atomic mass is 16.5. The van der Waals surface area contributed by atoms with E-state index in [1.165, 1.54) is 11.1 Å². The number of rotatable bonds is 7. The van der Waals surface area contributed by atoms with Crippen LogP contribution in [0.15, 0.2) is 48.5 Å². The molecule has 2 aromatic carbocycles. The molecule has 0 unspecified atom stereocenters. The van der Waals surface area contributed by atoms with Gasteiger partial charge in [0, 0.05) is 38.3 Å². The SMILES string of the molecule is CCOc1ccc(CN2C[C@@H]3C[C@@H](O)CN3C[C@@H]2Cc2ccccc2)cc1OC. The summed E-state index contributed by atoms with van der Waals surface area (Å²) in [5.74, 6) is 1.59. The van der Waals surface area contributed by atoms with Gasteiger partial charge in [-0.1, -0.05) is 36.4 Å². The molecule has 2 saturated heterocycles. The fourth-order valence-electron chi connectivity index (χ4n) is 4.77. The van der Waals surface area contributed by atoms with Crippen LogP contribution in [0.5, 0.6) is 11.5 Å². The van der Waals surface area contributed by atoms with E-state index < -0.39 is 0 Å². The Morgan fingerprint density at radius 3 is 2.59 bits per heavy atom. The average molecular weight is 397 g/mol. The molecule has 0 radical (unpaired) electrons. The van der Waals surface area contributed by atoms with Crippen LogP contribution in [0, 0.1) is 0 Å². The van der Waals surface area contributed by atoms with Crippen LogP contribution in [0.1, 0.15) is 24.5 Å². The average Bonchev–Trinajstić information content (AvgIpc) is 3.09. The molecule has 4 rings (SSSR count). The van der Waals surface area contributed by atoms with Gasteiger partial charge in [-0.15, -0.1) is 0 Å². The summed E-state index contributed by atoms with van der Waals surface area (Å²) in [6.07, 6.45) is 1.71. The fraction of sp³-hybridized carbons (Fsp3) is 0.500. The lowest BCUT2D eigenvalue weighted by Gasteiger charge is -2.44. The van der Waals surface area contributed by atoms with E-state index in [0.717, 1.165) is 50.5 Å². The first kappa shape index (κ1) is 20.2. The van der Waals surface area contributed by atoms with E-state index >= 15 is 0 Å². The highest BCUT2D eigenvalue weighted by Crippen LogP contribution is 2.31. The molecule has 2 aromatic rings. The molecule has 0 saturated carbocycles. The normalized spacial score (nSPS) is 25.0. The van der Waals surface area contributed by atoms with E-state index in [1.54, 1.807) is 7.11 Å². The van der Waals surface area contributed by atoms with E-state index in [0.29, 0.717) is 18.7 Å². The molecule has 0 aliphatic carbocycles. The minimum atomic E-state index is -0.192. The van der Waals surface area contributed by atoms with Crippen molar-refractivity contribution in [3.63, 3.8) is 0 Å². The quantitative estimate of drug-likeness (QED) is 0.780. The fourth-order valence-corrected chi connectivity index (χ4v) is 4.77. The molecule has 5 nitrogen and oxygen atoms in total. The molecule has 2 aliphatic heterocycles.